The molecule has 0 N–H and O–H groups in total. The summed E-state index contributed by atoms with van der Waals surface area (Å²) in [4.78, 5) is 10.4. The first kappa shape index (κ1) is 8.41. The molecular formula is C8H14O. The molecule has 0 aliphatic rings. The fourth-order valence-electron chi connectivity index (χ4n) is 0.549. The summed E-state index contributed by atoms with van der Waals surface area (Å²) in [6.07, 6.45) is 3.51. The Bertz CT molecular complexity index is 105. The maximum absolute atomic E-state index is 10.4. The molecule has 0 aliphatic carbocycles. The Kier molecular flexibility index (Phi) is 4.02. The average Bonchev–Trinajstić information content (AvgIpc) is 1.83. The molecule has 0 aromatic heterocycles. The van der Waals surface area contributed by atoms with Gasteiger partial charge in [-0.15, -0.1) is 6.58 Å². The number of hydrogen-bond acceptors (Lipinski definition) is 1. The van der Waals surface area contributed by atoms with E-state index < -0.39 is 0 Å². The van der Waals surface area contributed by atoms with Crippen molar-refractivity contribution in [2.75, 3.05) is 0 Å². The molecule has 0 bridgehead atoms. The molecule has 0 aliphatic heterocycles. The van der Waals surface area contributed by atoms with E-state index in [1.807, 2.05) is 6.08 Å². The lowest BCUT2D eigenvalue weighted by atomic mass is 10.0. The molecule has 0 aromatic carbocycles. The van der Waals surface area contributed by atoms with Gasteiger partial charge in [0.15, 0.2) is 0 Å². The molecule has 0 unspecified atom stereocenters. The second-order valence-electron chi connectivity index (χ2n) is 2.45. The summed E-state index contributed by atoms with van der Waals surface area (Å²) in [5, 5.41) is 0. The van der Waals surface area contributed by atoms with Crippen molar-refractivity contribution in [3.8, 4) is 0 Å². The third-order valence-electron chi connectivity index (χ3n) is 1.35. The summed E-state index contributed by atoms with van der Waals surface area (Å²) < 4.78 is 0. The fourth-order valence-corrected chi connectivity index (χ4v) is 0.549. The molecule has 0 fully saturated rings. The summed E-state index contributed by atoms with van der Waals surface area (Å²) in [5.74, 6) is 0.748. The van der Waals surface area contributed by atoms with Crippen molar-refractivity contribution in [1.29, 1.82) is 0 Å². The number of ketones is 1. The molecule has 0 aromatic rings. The highest BCUT2D eigenvalue weighted by Crippen LogP contribution is 2.05. The Hall–Kier alpha value is -0.590. The number of carbonyl (C=O) groups is 1. The van der Waals surface area contributed by atoms with Crippen LogP contribution in [0.1, 0.15) is 26.7 Å². The number of hydrogen-bond donors (Lipinski definition) is 0. The number of Topliss-reactive ketones (excluding diaryl/α,β-unsaturated/α-hetero) is 1. The van der Waals surface area contributed by atoms with Crippen LogP contribution in [0.2, 0.25) is 0 Å². The molecule has 0 spiro atoms. The largest absolute Gasteiger partial charge is 0.300 e. The predicted octanol–water partition coefficient (Wildman–Crippen LogP) is 2.18. The van der Waals surface area contributed by atoms with Gasteiger partial charge < -0.3 is 4.79 Å². The van der Waals surface area contributed by atoms with Gasteiger partial charge in [-0.3, -0.25) is 0 Å². The Morgan fingerprint density at radius 1 is 1.78 bits per heavy atom. The average molecular weight is 126 g/mol. The van der Waals surface area contributed by atoms with Crippen molar-refractivity contribution in [2.45, 2.75) is 26.7 Å². The van der Waals surface area contributed by atoms with Crippen LogP contribution < -0.4 is 0 Å². The Morgan fingerprint density at radius 3 is 2.67 bits per heavy atom. The van der Waals surface area contributed by atoms with E-state index in [0.29, 0.717) is 12.3 Å². The van der Waals surface area contributed by atoms with Crippen molar-refractivity contribution in [3.05, 3.63) is 12.7 Å². The summed E-state index contributed by atoms with van der Waals surface area (Å²) in [6.45, 7) is 7.31. The Morgan fingerprint density at radius 2 is 2.33 bits per heavy atom. The van der Waals surface area contributed by atoms with Crippen molar-refractivity contribution < 1.29 is 4.79 Å². The third-order valence-corrected chi connectivity index (χ3v) is 1.35. The zero-order chi connectivity index (χ0) is 7.28. The quantitative estimate of drug-likeness (QED) is 0.528. The van der Waals surface area contributed by atoms with Crippen molar-refractivity contribution >= 4 is 5.78 Å². The van der Waals surface area contributed by atoms with Crippen molar-refractivity contribution in [1.82, 2.24) is 0 Å². The molecule has 52 valence electrons. The molecule has 0 saturated carbocycles. The molecule has 1 atom stereocenters. The lowest BCUT2D eigenvalue weighted by Crippen LogP contribution is -1.94. The first-order valence-electron chi connectivity index (χ1n) is 3.28. The van der Waals surface area contributed by atoms with Gasteiger partial charge in [0.2, 0.25) is 0 Å². The molecule has 0 saturated heterocycles. The van der Waals surface area contributed by atoms with Crippen LogP contribution in [0, 0.1) is 5.92 Å². The van der Waals surface area contributed by atoms with E-state index in [1.165, 1.54) is 0 Å². The normalized spacial score (nSPS) is 12.7. The monoisotopic (exact) mass is 126 g/mol. The minimum atomic E-state index is 0.267. The molecule has 0 radical (unpaired) electrons. The third kappa shape index (κ3) is 5.28. The maximum atomic E-state index is 10.4. The number of carbonyl (C=O) groups excluding carboxylic acids is 1. The van der Waals surface area contributed by atoms with Crippen LogP contribution in [-0.4, -0.2) is 5.78 Å². The van der Waals surface area contributed by atoms with E-state index in [-0.39, 0.29) is 5.78 Å². The van der Waals surface area contributed by atoms with Gasteiger partial charge in [0.05, 0.1) is 0 Å². The van der Waals surface area contributed by atoms with Gasteiger partial charge >= 0.3 is 0 Å². The minimum absolute atomic E-state index is 0.267. The van der Waals surface area contributed by atoms with Crippen molar-refractivity contribution in [2.24, 2.45) is 5.92 Å². The summed E-state index contributed by atoms with van der Waals surface area (Å²) >= 11 is 0. The van der Waals surface area contributed by atoms with Crippen molar-refractivity contribution in [3.63, 3.8) is 0 Å². The molecule has 0 amide bonds. The molecule has 1 heteroatoms. The SMILES string of the molecule is C=C[C@@H](C)CCC(C)=O. The number of rotatable bonds is 4. The van der Waals surface area contributed by atoms with Gasteiger partial charge in [0, 0.05) is 6.42 Å². The van der Waals surface area contributed by atoms with Crippen LogP contribution >= 0.6 is 0 Å². The minimum Gasteiger partial charge on any atom is -0.300 e. The van der Waals surface area contributed by atoms with Crippen LogP contribution in [-0.2, 0) is 4.79 Å². The Labute approximate surface area is 56.8 Å². The van der Waals surface area contributed by atoms with E-state index in [4.69, 9.17) is 0 Å². The highest BCUT2D eigenvalue weighted by atomic mass is 16.1. The van der Waals surface area contributed by atoms with Crippen LogP contribution in [0.3, 0.4) is 0 Å². The zero-order valence-corrected chi connectivity index (χ0v) is 6.18. The van der Waals surface area contributed by atoms with Gasteiger partial charge in [0.25, 0.3) is 0 Å². The topological polar surface area (TPSA) is 17.1 Å². The fraction of sp³-hybridized carbons (Fsp3) is 0.625. The van der Waals surface area contributed by atoms with E-state index in [0.717, 1.165) is 6.42 Å². The molecule has 0 heterocycles. The van der Waals surface area contributed by atoms with E-state index in [9.17, 15) is 4.79 Å². The summed E-state index contributed by atoms with van der Waals surface area (Å²) in [6, 6.07) is 0. The molecule has 0 rings (SSSR count). The smallest absolute Gasteiger partial charge is 0.129 e. The second kappa shape index (κ2) is 4.30. The summed E-state index contributed by atoms with van der Waals surface area (Å²) in [5.41, 5.74) is 0. The van der Waals surface area contributed by atoms with Gasteiger partial charge in [-0.05, 0) is 19.3 Å². The molecule has 1 nitrogen and oxygen atoms in total. The first-order chi connectivity index (χ1) is 4.16. The lowest BCUT2D eigenvalue weighted by Gasteiger charge is -2.00. The molecule has 9 heavy (non-hydrogen) atoms. The second-order valence-corrected chi connectivity index (χ2v) is 2.45. The van der Waals surface area contributed by atoms with E-state index in [1.54, 1.807) is 6.92 Å². The van der Waals surface area contributed by atoms with E-state index >= 15 is 0 Å². The first-order valence-corrected chi connectivity index (χ1v) is 3.28. The van der Waals surface area contributed by atoms with Crippen LogP contribution in [0.5, 0.6) is 0 Å². The standard InChI is InChI=1S/C8H14O/c1-4-7(2)5-6-8(3)9/h4,7H,1,5-6H2,2-3H3/t7-/m1/s1. The highest BCUT2D eigenvalue weighted by molar-refractivity contribution is 5.75. The van der Waals surface area contributed by atoms with Crippen LogP contribution in [0.15, 0.2) is 12.7 Å². The van der Waals surface area contributed by atoms with E-state index in [2.05, 4.69) is 13.5 Å². The van der Waals surface area contributed by atoms with Gasteiger partial charge in [-0.1, -0.05) is 13.0 Å². The van der Waals surface area contributed by atoms with Crippen LogP contribution in [0.4, 0.5) is 0 Å². The lowest BCUT2D eigenvalue weighted by molar-refractivity contribution is -0.117. The maximum Gasteiger partial charge on any atom is 0.129 e. The van der Waals surface area contributed by atoms with Gasteiger partial charge in [0.1, 0.15) is 5.78 Å². The predicted molar refractivity (Wildman–Crippen MR) is 39.3 cm³/mol. The Balaban J connectivity index is 3.26. The molecular weight excluding hydrogens is 112 g/mol. The van der Waals surface area contributed by atoms with Gasteiger partial charge in [-0.25, -0.2) is 0 Å². The highest BCUT2D eigenvalue weighted by Gasteiger charge is 1.97. The number of allylic oxidation sites excluding steroid dienone is 1. The summed E-state index contributed by atoms with van der Waals surface area (Å²) in [7, 11) is 0. The van der Waals surface area contributed by atoms with Crippen LogP contribution in [0.25, 0.3) is 0 Å². The van der Waals surface area contributed by atoms with Gasteiger partial charge in [-0.2, -0.15) is 0 Å². The zero-order valence-electron chi connectivity index (χ0n) is 6.18.